The van der Waals surface area contributed by atoms with Crippen LogP contribution in [-0.2, 0) is 16.0 Å². The second kappa shape index (κ2) is 7.80. The van der Waals surface area contributed by atoms with Gasteiger partial charge < -0.3 is 10.0 Å². The lowest BCUT2D eigenvalue weighted by atomic mass is 10.1. The first-order valence-corrected chi connectivity index (χ1v) is 7.52. The van der Waals surface area contributed by atoms with E-state index < -0.39 is 11.9 Å². The van der Waals surface area contributed by atoms with E-state index in [4.69, 9.17) is 5.11 Å². The third-order valence-corrected chi connectivity index (χ3v) is 4.63. The van der Waals surface area contributed by atoms with Gasteiger partial charge >= 0.3 is 5.97 Å². The molecular weight excluding hydrogens is 358 g/mol. The monoisotopic (exact) mass is 375 g/mol. The molecule has 1 aliphatic heterocycles. The summed E-state index contributed by atoms with van der Waals surface area (Å²) >= 11 is 3.45. The highest BCUT2D eigenvalue weighted by Gasteiger charge is 2.30. The van der Waals surface area contributed by atoms with E-state index in [-0.39, 0.29) is 18.3 Å². The second-order valence-corrected chi connectivity index (χ2v) is 6.10. The maximum absolute atomic E-state index is 12.1. The SMILES string of the molecule is Cc1cc(CCC(=O)N2CCC(C(=O)O)C2)ccc1Br.Cl. The smallest absolute Gasteiger partial charge is 0.308 e. The quantitative estimate of drug-likeness (QED) is 0.878. The van der Waals surface area contributed by atoms with Crippen LogP contribution in [0.5, 0.6) is 0 Å². The number of likely N-dealkylation sites (tertiary alicyclic amines) is 1. The number of carboxylic acid groups (broad SMARTS) is 1. The number of nitrogens with zero attached hydrogens (tertiary/aromatic N) is 1. The van der Waals surface area contributed by atoms with Crippen molar-refractivity contribution < 1.29 is 14.7 Å². The first-order chi connectivity index (χ1) is 9.47. The van der Waals surface area contributed by atoms with Gasteiger partial charge in [0.15, 0.2) is 0 Å². The van der Waals surface area contributed by atoms with Gasteiger partial charge in [-0.3, -0.25) is 9.59 Å². The Bertz CT molecular complexity index is 536. The van der Waals surface area contributed by atoms with E-state index in [1.165, 1.54) is 0 Å². The van der Waals surface area contributed by atoms with Crippen molar-refractivity contribution >= 4 is 40.2 Å². The largest absolute Gasteiger partial charge is 0.481 e. The highest BCUT2D eigenvalue weighted by Crippen LogP contribution is 2.20. The Morgan fingerprint density at radius 2 is 2.14 bits per heavy atom. The number of carbonyl (C=O) groups is 2. The molecule has 1 amide bonds. The number of rotatable bonds is 4. The van der Waals surface area contributed by atoms with E-state index in [2.05, 4.69) is 22.0 Å². The molecule has 1 N–H and O–H groups in total. The summed E-state index contributed by atoms with van der Waals surface area (Å²) in [6.07, 6.45) is 1.70. The molecule has 1 aromatic carbocycles. The van der Waals surface area contributed by atoms with E-state index >= 15 is 0 Å². The molecule has 1 unspecified atom stereocenters. The maximum Gasteiger partial charge on any atom is 0.308 e. The highest BCUT2D eigenvalue weighted by molar-refractivity contribution is 9.10. The van der Waals surface area contributed by atoms with Gasteiger partial charge in [-0.05, 0) is 37.0 Å². The molecule has 0 spiro atoms. The normalized spacial score (nSPS) is 17.4. The van der Waals surface area contributed by atoms with Crippen molar-refractivity contribution in [1.82, 2.24) is 4.90 Å². The van der Waals surface area contributed by atoms with Crippen LogP contribution in [0, 0.1) is 12.8 Å². The number of hydrogen-bond acceptors (Lipinski definition) is 2. The number of hydrogen-bond donors (Lipinski definition) is 1. The lowest BCUT2D eigenvalue weighted by Gasteiger charge is -2.15. The number of benzene rings is 1. The van der Waals surface area contributed by atoms with Crippen LogP contribution in [-0.4, -0.2) is 35.0 Å². The third-order valence-electron chi connectivity index (χ3n) is 3.74. The van der Waals surface area contributed by atoms with Crippen LogP contribution >= 0.6 is 28.3 Å². The Kier molecular flexibility index (Phi) is 6.68. The predicted octanol–water partition coefficient (Wildman–Crippen LogP) is 3.05. The van der Waals surface area contributed by atoms with Crippen LogP contribution < -0.4 is 0 Å². The number of amides is 1. The Balaban J connectivity index is 0.00000220. The van der Waals surface area contributed by atoms with Crippen molar-refractivity contribution in [2.75, 3.05) is 13.1 Å². The summed E-state index contributed by atoms with van der Waals surface area (Å²) in [7, 11) is 0. The van der Waals surface area contributed by atoms with Crippen LogP contribution in [0.25, 0.3) is 0 Å². The van der Waals surface area contributed by atoms with Gasteiger partial charge in [0, 0.05) is 24.0 Å². The van der Waals surface area contributed by atoms with E-state index in [9.17, 15) is 9.59 Å². The molecule has 0 saturated carbocycles. The Hall–Kier alpha value is -1.07. The van der Waals surface area contributed by atoms with Crippen LogP contribution in [0.15, 0.2) is 22.7 Å². The first-order valence-electron chi connectivity index (χ1n) is 6.73. The lowest BCUT2D eigenvalue weighted by molar-refractivity contribution is -0.141. The molecule has 1 atom stereocenters. The molecule has 0 bridgehead atoms. The number of carboxylic acids is 1. The summed E-state index contributed by atoms with van der Waals surface area (Å²) in [6.45, 7) is 2.94. The molecule has 1 saturated heterocycles. The van der Waals surface area contributed by atoms with Crippen LogP contribution in [0.2, 0.25) is 0 Å². The summed E-state index contributed by atoms with van der Waals surface area (Å²) in [4.78, 5) is 24.6. The zero-order valence-electron chi connectivity index (χ0n) is 11.8. The molecule has 116 valence electrons. The molecule has 21 heavy (non-hydrogen) atoms. The minimum atomic E-state index is -0.802. The fourth-order valence-electron chi connectivity index (χ4n) is 2.46. The zero-order valence-corrected chi connectivity index (χ0v) is 14.2. The Morgan fingerprint density at radius 1 is 1.43 bits per heavy atom. The van der Waals surface area contributed by atoms with Gasteiger partial charge in [-0.2, -0.15) is 0 Å². The highest BCUT2D eigenvalue weighted by atomic mass is 79.9. The fourth-order valence-corrected chi connectivity index (χ4v) is 2.71. The summed E-state index contributed by atoms with van der Waals surface area (Å²) in [6, 6.07) is 6.07. The van der Waals surface area contributed by atoms with Crippen molar-refractivity contribution in [3.8, 4) is 0 Å². The lowest BCUT2D eigenvalue weighted by Crippen LogP contribution is -2.30. The van der Waals surface area contributed by atoms with Gasteiger partial charge in [0.05, 0.1) is 5.92 Å². The van der Waals surface area contributed by atoms with Gasteiger partial charge in [-0.25, -0.2) is 0 Å². The summed E-state index contributed by atoms with van der Waals surface area (Å²) in [5.41, 5.74) is 2.29. The minimum absolute atomic E-state index is 0. The molecule has 4 nitrogen and oxygen atoms in total. The number of carbonyl (C=O) groups excluding carboxylic acids is 1. The molecule has 1 aromatic rings. The fraction of sp³-hybridized carbons (Fsp3) is 0.467. The van der Waals surface area contributed by atoms with E-state index in [0.29, 0.717) is 32.4 Å². The van der Waals surface area contributed by atoms with E-state index in [1.807, 2.05) is 19.1 Å². The number of aryl methyl sites for hydroxylation is 2. The summed E-state index contributed by atoms with van der Waals surface area (Å²) in [5, 5.41) is 8.93. The Labute approximate surface area is 139 Å². The average Bonchev–Trinajstić information content (AvgIpc) is 2.89. The molecule has 1 heterocycles. The van der Waals surface area contributed by atoms with Crippen LogP contribution in [0.4, 0.5) is 0 Å². The van der Waals surface area contributed by atoms with Gasteiger partial charge in [0.25, 0.3) is 0 Å². The zero-order chi connectivity index (χ0) is 14.7. The minimum Gasteiger partial charge on any atom is -0.481 e. The van der Waals surface area contributed by atoms with Gasteiger partial charge in [0.2, 0.25) is 5.91 Å². The summed E-state index contributed by atoms with van der Waals surface area (Å²) in [5.74, 6) is -1.15. The van der Waals surface area contributed by atoms with Gasteiger partial charge in [-0.15, -0.1) is 12.4 Å². The molecule has 0 aromatic heterocycles. The van der Waals surface area contributed by atoms with Crippen molar-refractivity contribution in [3.05, 3.63) is 33.8 Å². The van der Waals surface area contributed by atoms with E-state index in [0.717, 1.165) is 15.6 Å². The molecule has 1 aliphatic rings. The Morgan fingerprint density at radius 3 is 2.71 bits per heavy atom. The van der Waals surface area contributed by atoms with Crippen molar-refractivity contribution in [2.24, 2.45) is 5.92 Å². The van der Waals surface area contributed by atoms with Gasteiger partial charge in [-0.1, -0.05) is 28.1 Å². The molecular formula is C15H19BrClNO3. The van der Waals surface area contributed by atoms with Gasteiger partial charge in [0.1, 0.15) is 0 Å². The third kappa shape index (κ3) is 4.71. The topological polar surface area (TPSA) is 57.6 Å². The predicted molar refractivity (Wildman–Crippen MR) is 86.8 cm³/mol. The van der Waals surface area contributed by atoms with Crippen molar-refractivity contribution in [2.45, 2.75) is 26.2 Å². The molecule has 1 fully saturated rings. The van der Waals surface area contributed by atoms with Crippen molar-refractivity contribution in [1.29, 1.82) is 0 Å². The van der Waals surface area contributed by atoms with Crippen molar-refractivity contribution in [3.63, 3.8) is 0 Å². The molecule has 0 aliphatic carbocycles. The number of halogens is 2. The maximum atomic E-state index is 12.1. The standard InChI is InChI=1S/C15H18BrNO3.ClH/c1-10-8-11(2-4-13(10)16)3-5-14(18)17-7-6-12(9-17)15(19)20;/h2,4,8,12H,3,5-7,9H2,1H3,(H,19,20);1H. The summed E-state index contributed by atoms with van der Waals surface area (Å²) < 4.78 is 1.07. The van der Waals surface area contributed by atoms with Crippen LogP contribution in [0.3, 0.4) is 0 Å². The second-order valence-electron chi connectivity index (χ2n) is 5.25. The average molecular weight is 377 g/mol. The molecule has 0 radical (unpaired) electrons. The number of aliphatic carboxylic acids is 1. The molecule has 2 rings (SSSR count). The van der Waals surface area contributed by atoms with Crippen LogP contribution in [0.1, 0.15) is 24.0 Å². The van der Waals surface area contributed by atoms with E-state index in [1.54, 1.807) is 4.90 Å². The first kappa shape index (κ1) is 18.0. The molecule has 6 heteroatoms.